The smallest absolute Gasteiger partial charge is 0.322 e. The Morgan fingerprint density at radius 2 is 1.93 bits per heavy atom. The zero-order valence-corrected chi connectivity index (χ0v) is 17.3. The van der Waals surface area contributed by atoms with Crippen LogP contribution in [0.3, 0.4) is 0 Å². The van der Waals surface area contributed by atoms with Gasteiger partial charge in [0, 0.05) is 31.6 Å². The van der Waals surface area contributed by atoms with Gasteiger partial charge in [0.1, 0.15) is 11.3 Å². The number of nitrogens with one attached hydrogen (secondary N) is 3. The normalized spacial score (nSPS) is 17.7. The molecular formula is C19H22N6O4S. The molecule has 11 heteroatoms. The number of amides is 4. The number of benzene rings is 1. The predicted molar refractivity (Wildman–Crippen MR) is 109 cm³/mol. The van der Waals surface area contributed by atoms with Crippen LogP contribution in [0.2, 0.25) is 0 Å². The average Bonchev–Trinajstić information content (AvgIpc) is 3.25. The Bertz CT molecular complexity index is 1040. The van der Waals surface area contributed by atoms with Crippen LogP contribution >= 0.6 is 12.2 Å². The molecule has 30 heavy (non-hydrogen) atoms. The maximum Gasteiger partial charge on any atom is 0.322 e. The summed E-state index contributed by atoms with van der Waals surface area (Å²) >= 11 is 5.33. The number of H-pyrrole nitrogens is 1. The topological polar surface area (TPSA) is 121 Å². The van der Waals surface area contributed by atoms with Gasteiger partial charge in [0.05, 0.1) is 7.11 Å². The lowest BCUT2D eigenvalue weighted by molar-refractivity contribution is -0.136. The fourth-order valence-electron chi connectivity index (χ4n) is 3.87. The number of urea groups is 1. The highest BCUT2D eigenvalue weighted by Crippen LogP contribution is 2.26. The van der Waals surface area contributed by atoms with Crippen LogP contribution in [-0.2, 0) is 16.1 Å². The predicted octanol–water partition coefficient (Wildman–Crippen LogP) is 1.21. The summed E-state index contributed by atoms with van der Waals surface area (Å²) in [6, 6.07) is 6.97. The third kappa shape index (κ3) is 3.67. The Morgan fingerprint density at radius 3 is 2.53 bits per heavy atom. The van der Waals surface area contributed by atoms with Crippen molar-refractivity contribution in [3.63, 3.8) is 0 Å². The van der Waals surface area contributed by atoms with Gasteiger partial charge in [-0.3, -0.25) is 24.6 Å². The molecule has 1 aromatic heterocycles. The molecule has 2 aliphatic rings. The van der Waals surface area contributed by atoms with E-state index in [1.54, 1.807) is 16.6 Å². The Kier molecular flexibility index (Phi) is 5.29. The molecule has 158 valence electrons. The van der Waals surface area contributed by atoms with Crippen LogP contribution in [0.15, 0.2) is 24.3 Å². The van der Waals surface area contributed by atoms with E-state index in [1.807, 2.05) is 24.3 Å². The molecule has 0 radical (unpaired) electrons. The molecule has 1 aromatic carbocycles. The zero-order chi connectivity index (χ0) is 21.3. The molecule has 0 atom stereocenters. The van der Waals surface area contributed by atoms with E-state index < -0.39 is 11.6 Å². The molecule has 10 nitrogen and oxygen atoms in total. The standard InChI is InChI=1S/C19H22N6O4S/c1-29-13-4-2-12(3-5-13)15-22-23-18(30)25(15)9-6-14(26)24-10-7-19(8-11-24)16(27)20-17(28)21-19/h2-5H,6-11H2,1H3,(H,23,30)(H2,20,21,27,28). The van der Waals surface area contributed by atoms with Gasteiger partial charge in [-0.2, -0.15) is 5.10 Å². The van der Waals surface area contributed by atoms with Crippen molar-refractivity contribution in [2.75, 3.05) is 20.2 Å². The maximum atomic E-state index is 12.7. The van der Waals surface area contributed by atoms with Gasteiger partial charge in [0.2, 0.25) is 5.91 Å². The van der Waals surface area contributed by atoms with Gasteiger partial charge in [-0.25, -0.2) is 4.79 Å². The van der Waals surface area contributed by atoms with Crippen LogP contribution in [0.1, 0.15) is 19.3 Å². The Hall–Kier alpha value is -3.21. The first-order valence-corrected chi connectivity index (χ1v) is 10.0. The van der Waals surface area contributed by atoms with Gasteiger partial charge < -0.3 is 15.0 Å². The van der Waals surface area contributed by atoms with Gasteiger partial charge >= 0.3 is 6.03 Å². The number of piperidine rings is 1. The summed E-state index contributed by atoms with van der Waals surface area (Å²) in [6.07, 6.45) is 1.06. The molecule has 2 saturated heterocycles. The van der Waals surface area contributed by atoms with Crippen LogP contribution < -0.4 is 15.4 Å². The van der Waals surface area contributed by atoms with Crippen molar-refractivity contribution in [2.45, 2.75) is 31.3 Å². The monoisotopic (exact) mass is 430 g/mol. The number of likely N-dealkylation sites (tertiary alicyclic amines) is 1. The van der Waals surface area contributed by atoms with Gasteiger partial charge in [0.15, 0.2) is 10.6 Å². The van der Waals surface area contributed by atoms with Gasteiger partial charge in [-0.05, 0) is 49.3 Å². The summed E-state index contributed by atoms with van der Waals surface area (Å²) in [5.41, 5.74) is -0.0267. The average molecular weight is 430 g/mol. The lowest BCUT2D eigenvalue weighted by atomic mass is 9.87. The van der Waals surface area contributed by atoms with Crippen molar-refractivity contribution < 1.29 is 19.1 Å². The SMILES string of the molecule is COc1ccc(-c2n[nH]c(=S)n2CCC(=O)N2CCC3(CC2)NC(=O)NC3=O)cc1. The van der Waals surface area contributed by atoms with E-state index in [1.165, 1.54) is 0 Å². The first-order chi connectivity index (χ1) is 14.4. The maximum absolute atomic E-state index is 12.7. The highest BCUT2D eigenvalue weighted by Gasteiger charge is 2.48. The molecular weight excluding hydrogens is 408 g/mol. The Balaban J connectivity index is 1.39. The first kappa shape index (κ1) is 20.1. The second-order valence-electron chi connectivity index (χ2n) is 7.35. The van der Waals surface area contributed by atoms with E-state index in [-0.39, 0.29) is 18.2 Å². The Labute approximate surface area is 177 Å². The summed E-state index contributed by atoms with van der Waals surface area (Å²) in [6.45, 7) is 1.21. The van der Waals surface area contributed by atoms with Crippen molar-refractivity contribution >= 4 is 30.1 Å². The molecule has 1 spiro atoms. The summed E-state index contributed by atoms with van der Waals surface area (Å²) in [4.78, 5) is 37.9. The van der Waals surface area contributed by atoms with E-state index >= 15 is 0 Å². The first-order valence-electron chi connectivity index (χ1n) is 9.63. The minimum atomic E-state index is -0.886. The third-order valence-corrected chi connectivity index (χ3v) is 5.95. The molecule has 2 aromatic rings. The number of hydrogen-bond acceptors (Lipinski definition) is 6. The quantitative estimate of drug-likeness (QED) is 0.484. The molecule has 3 heterocycles. The van der Waals surface area contributed by atoms with Crippen molar-refractivity contribution in [1.82, 2.24) is 30.3 Å². The highest BCUT2D eigenvalue weighted by atomic mass is 32.1. The van der Waals surface area contributed by atoms with E-state index in [0.29, 0.717) is 43.1 Å². The number of aromatic amines is 1. The molecule has 4 rings (SSSR count). The summed E-state index contributed by atoms with van der Waals surface area (Å²) < 4.78 is 7.42. The highest BCUT2D eigenvalue weighted by molar-refractivity contribution is 7.71. The fraction of sp³-hybridized carbons (Fsp3) is 0.421. The molecule has 0 bridgehead atoms. The number of carbonyl (C=O) groups is 3. The van der Waals surface area contributed by atoms with Gasteiger partial charge in [-0.15, -0.1) is 0 Å². The van der Waals surface area contributed by atoms with E-state index in [9.17, 15) is 14.4 Å². The van der Waals surface area contributed by atoms with E-state index in [4.69, 9.17) is 17.0 Å². The number of imide groups is 1. The lowest BCUT2D eigenvalue weighted by Gasteiger charge is -2.37. The van der Waals surface area contributed by atoms with Gasteiger partial charge in [0.25, 0.3) is 5.91 Å². The van der Waals surface area contributed by atoms with Crippen molar-refractivity contribution in [1.29, 1.82) is 0 Å². The summed E-state index contributed by atoms with van der Waals surface area (Å²) in [5.74, 6) is 1.05. The fourth-order valence-corrected chi connectivity index (χ4v) is 4.09. The van der Waals surface area contributed by atoms with Crippen LogP contribution in [0.25, 0.3) is 11.4 Å². The third-order valence-electron chi connectivity index (χ3n) is 5.64. The summed E-state index contributed by atoms with van der Waals surface area (Å²) in [7, 11) is 1.60. The van der Waals surface area contributed by atoms with Crippen molar-refractivity contribution in [2.24, 2.45) is 0 Å². The number of carbonyl (C=O) groups excluding carboxylic acids is 3. The Morgan fingerprint density at radius 1 is 1.23 bits per heavy atom. The minimum Gasteiger partial charge on any atom is -0.497 e. The van der Waals surface area contributed by atoms with Crippen molar-refractivity contribution in [3.8, 4) is 17.1 Å². The molecule has 4 amide bonds. The van der Waals surface area contributed by atoms with E-state index in [2.05, 4.69) is 20.8 Å². The van der Waals surface area contributed by atoms with Crippen molar-refractivity contribution in [3.05, 3.63) is 29.0 Å². The number of methoxy groups -OCH3 is 1. The number of nitrogens with zero attached hydrogens (tertiary/aromatic N) is 3. The molecule has 0 aliphatic carbocycles. The molecule has 0 unspecified atom stereocenters. The molecule has 2 aliphatic heterocycles. The second kappa shape index (κ2) is 7.90. The number of hydrogen-bond donors (Lipinski definition) is 3. The molecule has 3 N–H and O–H groups in total. The molecule has 2 fully saturated rings. The van der Waals surface area contributed by atoms with Crippen LogP contribution in [0.5, 0.6) is 5.75 Å². The van der Waals surface area contributed by atoms with Crippen LogP contribution in [0, 0.1) is 4.77 Å². The number of ether oxygens (including phenoxy) is 1. The largest absolute Gasteiger partial charge is 0.497 e. The summed E-state index contributed by atoms with van der Waals surface area (Å²) in [5, 5.41) is 12.0. The van der Waals surface area contributed by atoms with Crippen LogP contribution in [0.4, 0.5) is 4.79 Å². The lowest BCUT2D eigenvalue weighted by Crippen LogP contribution is -2.55. The zero-order valence-electron chi connectivity index (χ0n) is 16.4. The number of rotatable bonds is 5. The number of aromatic nitrogens is 3. The van der Waals surface area contributed by atoms with Crippen LogP contribution in [-0.4, -0.2) is 63.2 Å². The van der Waals surface area contributed by atoms with E-state index in [0.717, 1.165) is 11.3 Å². The second-order valence-corrected chi connectivity index (χ2v) is 7.74. The van der Waals surface area contributed by atoms with Gasteiger partial charge in [-0.1, -0.05) is 0 Å². The minimum absolute atomic E-state index is 0.0293. The molecule has 0 saturated carbocycles.